The summed E-state index contributed by atoms with van der Waals surface area (Å²) in [4.78, 5) is 0. The summed E-state index contributed by atoms with van der Waals surface area (Å²) >= 11 is 0. The van der Waals surface area contributed by atoms with Crippen molar-refractivity contribution >= 4 is 11.4 Å². The van der Waals surface area contributed by atoms with E-state index in [-0.39, 0.29) is 0 Å². The van der Waals surface area contributed by atoms with E-state index in [1.54, 1.807) is 0 Å². The van der Waals surface area contributed by atoms with Crippen molar-refractivity contribution in [2.45, 2.75) is 34.1 Å². The molecule has 4 aromatic carbocycles. The standard InChI is InChI=1S/C29H28N2/c1-16-9-23(10-17(2)28(16)30)20-7-8-26-25(13-20)14-22-6-5-21(15-27(22)26)24-11-18(3)29(31)19(4)12-24/h5-13,15H,14,30-31H2,1-4H3. The van der Waals surface area contributed by atoms with Crippen molar-refractivity contribution in [3.05, 3.63) is 94.0 Å². The number of aryl methyl sites for hydroxylation is 4. The first-order valence-electron chi connectivity index (χ1n) is 10.8. The summed E-state index contributed by atoms with van der Waals surface area (Å²) < 4.78 is 0. The Morgan fingerprint density at radius 3 is 1.52 bits per heavy atom. The van der Waals surface area contributed by atoms with Crippen molar-refractivity contribution in [2.24, 2.45) is 0 Å². The van der Waals surface area contributed by atoms with Gasteiger partial charge < -0.3 is 11.5 Å². The van der Waals surface area contributed by atoms with Crippen LogP contribution in [0, 0.1) is 27.7 Å². The van der Waals surface area contributed by atoms with E-state index in [9.17, 15) is 0 Å². The molecule has 154 valence electrons. The van der Waals surface area contributed by atoms with E-state index in [2.05, 4.69) is 88.4 Å². The summed E-state index contributed by atoms with van der Waals surface area (Å²) in [6, 6.07) is 22.5. The molecule has 4 N–H and O–H groups in total. The fourth-order valence-electron chi connectivity index (χ4n) is 4.83. The van der Waals surface area contributed by atoms with E-state index in [0.29, 0.717) is 0 Å². The van der Waals surface area contributed by atoms with Gasteiger partial charge in [0.05, 0.1) is 0 Å². The lowest BCUT2D eigenvalue weighted by molar-refractivity contribution is 1.26. The van der Waals surface area contributed by atoms with Crippen LogP contribution in [0.4, 0.5) is 11.4 Å². The first-order valence-corrected chi connectivity index (χ1v) is 10.8. The molecule has 0 radical (unpaired) electrons. The minimum atomic E-state index is 0.885. The average Bonchev–Trinajstić information content (AvgIpc) is 3.12. The Bertz CT molecular complexity index is 1320. The van der Waals surface area contributed by atoms with Crippen LogP contribution in [-0.2, 0) is 6.42 Å². The quantitative estimate of drug-likeness (QED) is 0.312. The third kappa shape index (κ3) is 3.19. The molecule has 0 saturated heterocycles. The molecule has 1 aliphatic carbocycles. The van der Waals surface area contributed by atoms with Crippen molar-refractivity contribution in [3.8, 4) is 33.4 Å². The molecule has 31 heavy (non-hydrogen) atoms. The number of hydrogen-bond donors (Lipinski definition) is 2. The molecule has 2 heteroatoms. The number of nitrogens with two attached hydrogens (primary N) is 2. The van der Waals surface area contributed by atoms with Gasteiger partial charge in [-0.05, 0) is 131 Å². The minimum absolute atomic E-state index is 0.885. The number of anilines is 2. The lowest BCUT2D eigenvalue weighted by Gasteiger charge is -2.12. The molecular formula is C29H28N2. The summed E-state index contributed by atoms with van der Waals surface area (Å²) in [6.45, 7) is 8.32. The largest absolute Gasteiger partial charge is 0.398 e. The molecule has 0 unspecified atom stereocenters. The third-order valence-corrected chi connectivity index (χ3v) is 6.74. The number of nitrogen functional groups attached to an aromatic ring is 2. The predicted molar refractivity (Wildman–Crippen MR) is 133 cm³/mol. The van der Waals surface area contributed by atoms with Crippen LogP contribution in [0.15, 0.2) is 60.7 Å². The normalized spacial score (nSPS) is 12.0. The molecule has 4 aromatic rings. The van der Waals surface area contributed by atoms with Gasteiger partial charge in [-0.15, -0.1) is 0 Å². The SMILES string of the molecule is Cc1cc(-c2ccc3c(c2)Cc2ccc(-c4cc(C)c(N)c(C)c4)cc2-3)cc(C)c1N. The smallest absolute Gasteiger partial charge is 0.0373 e. The third-order valence-electron chi connectivity index (χ3n) is 6.74. The van der Waals surface area contributed by atoms with Crippen molar-refractivity contribution in [1.29, 1.82) is 0 Å². The van der Waals surface area contributed by atoms with Gasteiger partial charge in [0, 0.05) is 11.4 Å². The molecule has 0 atom stereocenters. The maximum atomic E-state index is 6.16. The fourth-order valence-corrected chi connectivity index (χ4v) is 4.83. The molecule has 0 fully saturated rings. The van der Waals surface area contributed by atoms with Crippen LogP contribution in [0.1, 0.15) is 33.4 Å². The van der Waals surface area contributed by atoms with Gasteiger partial charge in [0.1, 0.15) is 0 Å². The van der Waals surface area contributed by atoms with Crippen molar-refractivity contribution < 1.29 is 0 Å². The first-order chi connectivity index (χ1) is 14.8. The van der Waals surface area contributed by atoms with Gasteiger partial charge in [-0.1, -0.05) is 30.3 Å². The molecule has 1 aliphatic rings. The van der Waals surface area contributed by atoms with Gasteiger partial charge in [0.25, 0.3) is 0 Å². The summed E-state index contributed by atoms with van der Waals surface area (Å²) in [5, 5.41) is 0. The van der Waals surface area contributed by atoms with Crippen molar-refractivity contribution in [3.63, 3.8) is 0 Å². The highest BCUT2D eigenvalue weighted by atomic mass is 14.6. The predicted octanol–water partition coefficient (Wildman–Crippen LogP) is 6.99. The molecule has 0 bridgehead atoms. The van der Waals surface area contributed by atoms with E-state index < -0.39 is 0 Å². The van der Waals surface area contributed by atoms with Gasteiger partial charge in [-0.25, -0.2) is 0 Å². The van der Waals surface area contributed by atoms with Crippen LogP contribution >= 0.6 is 0 Å². The fraction of sp³-hybridized carbons (Fsp3) is 0.172. The molecule has 0 aromatic heterocycles. The second-order valence-electron chi connectivity index (χ2n) is 8.97. The average molecular weight is 405 g/mol. The molecular weight excluding hydrogens is 376 g/mol. The number of benzene rings is 4. The highest BCUT2D eigenvalue weighted by Crippen LogP contribution is 2.41. The maximum Gasteiger partial charge on any atom is 0.0373 e. The summed E-state index contributed by atoms with van der Waals surface area (Å²) in [5.74, 6) is 0. The minimum Gasteiger partial charge on any atom is -0.398 e. The van der Waals surface area contributed by atoms with Crippen LogP contribution in [-0.4, -0.2) is 0 Å². The van der Waals surface area contributed by atoms with Crippen molar-refractivity contribution in [1.82, 2.24) is 0 Å². The van der Waals surface area contributed by atoms with Gasteiger partial charge >= 0.3 is 0 Å². The monoisotopic (exact) mass is 404 g/mol. The highest BCUT2D eigenvalue weighted by Gasteiger charge is 2.20. The summed E-state index contributed by atoms with van der Waals surface area (Å²) in [7, 11) is 0. The second kappa shape index (κ2) is 7.02. The van der Waals surface area contributed by atoms with Gasteiger partial charge in [0.15, 0.2) is 0 Å². The van der Waals surface area contributed by atoms with Crippen LogP contribution in [0.2, 0.25) is 0 Å². The van der Waals surface area contributed by atoms with E-state index >= 15 is 0 Å². The Labute approximate surface area is 184 Å². The van der Waals surface area contributed by atoms with E-state index in [1.807, 2.05) is 0 Å². The summed E-state index contributed by atoms with van der Waals surface area (Å²) in [5.41, 5.74) is 29.1. The first kappa shape index (κ1) is 19.4. The lowest BCUT2D eigenvalue weighted by atomic mass is 9.94. The highest BCUT2D eigenvalue weighted by molar-refractivity contribution is 5.84. The van der Waals surface area contributed by atoms with Crippen LogP contribution in [0.25, 0.3) is 33.4 Å². The Kier molecular flexibility index (Phi) is 4.40. The molecule has 0 amide bonds. The van der Waals surface area contributed by atoms with Gasteiger partial charge in [-0.3, -0.25) is 0 Å². The summed E-state index contributed by atoms with van der Waals surface area (Å²) in [6.07, 6.45) is 0.978. The number of rotatable bonds is 2. The number of hydrogen-bond acceptors (Lipinski definition) is 2. The zero-order valence-corrected chi connectivity index (χ0v) is 18.6. The zero-order valence-electron chi connectivity index (χ0n) is 18.6. The second-order valence-corrected chi connectivity index (χ2v) is 8.97. The van der Waals surface area contributed by atoms with Gasteiger partial charge in [0.2, 0.25) is 0 Å². The van der Waals surface area contributed by atoms with Gasteiger partial charge in [-0.2, -0.15) is 0 Å². The van der Waals surface area contributed by atoms with E-state index in [1.165, 1.54) is 44.5 Å². The van der Waals surface area contributed by atoms with Crippen LogP contribution in [0.5, 0.6) is 0 Å². The van der Waals surface area contributed by atoms with E-state index in [0.717, 1.165) is 40.0 Å². The molecule has 0 spiro atoms. The van der Waals surface area contributed by atoms with Crippen LogP contribution in [0.3, 0.4) is 0 Å². The Hall–Kier alpha value is -3.52. The Morgan fingerprint density at radius 2 is 0.968 bits per heavy atom. The molecule has 0 heterocycles. The molecule has 2 nitrogen and oxygen atoms in total. The van der Waals surface area contributed by atoms with E-state index in [4.69, 9.17) is 11.5 Å². The lowest BCUT2D eigenvalue weighted by Crippen LogP contribution is -1.94. The molecule has 0 aliphatic heterocycles. The maximum absolute atomic E-state index is 6.16. The molecule has 0 saturated carbocycles. The van der Waals surface area contributed by atoms with Crippen LogP contribution < -0.4 is 11.5 Å². The Morgan fingerprint density at radius 1 is 0.484 bits per heavy atom. The number of fused-ring (bicyclic) bond motifs is 3. The zero-order chi connectivity index (χ0) is 21.9. The molecule has 5 rings (SSSR count). The van der Waals surface area contributed by atoms with Crippen molar-refractivity contribution in [2.75, 3.05) is 11.5 Å². The topological polar surface area (TPSA) is 52.0 Å². The Balaban J connectivity index is 1.56.